The highest BCUT2D eigenvalue weighted by Crippen LogP contribution is 2.30. The zero-order valence-electron chi connectivity index (χ0n) is 10.9. The summed E-state index contributed by atoms with van der Waals surface area (Å²) < 4.78 is 10.8. The van der Waals surface area contributed by atoms with Crippen LogP contribution in [0.1, 0.15) is 17.3 Å². The van der Waals surface area contributed by atoms with Gasteiger partial charge in [0.1, 0.15) is 12.1 Å². The van der Waals surface area contributed by atoms with Crippen LogP contribution in [0.5, 0.6) is 17.5 Å². The number of hydrogen-bond acceptors (Lipinski definition) is 6. The predicted molar refractivity (Wildman–Crippen MR) is 72.6 cm³/mol. The highest BCUT2D eigenvalue weighted by atomic mass is 16.5. The Kier molecular flexibility index (Phi) is 3.99. The zero-order valence-corrected chi connectivity index (χ0v) is 10.9. The minimum atomic E-state index is -0.503. The normalized spacial score (nSPS) is 10.1. The highest BCUT2D eigenvalue weighted by molar-refractivity contribution is 5.92. The zero-order chi connectivity index (χ0) is 14.5. The lowest BCUT2D eigenvalue weighted by Crippen LogP contribution is -2.10. The largest absolute Gasteiger partial charge is 0.476 e. The van der Waals surface area contributed by atoms with Crippen LogP contribution in [0.4, 0.5) is 5.69 Å². The van der Waals surface area contributed by atoms with Crippen molar-refractivity contribution < 1.29 is 14.3 Å². The third-order valence-corrected chi connectivity index (χ3v) is 2.45. The molecule has 2 aromatic rings. The Morgan fingerprint density at radius 3 is 2.45 bits per heavy atom. The molecule has 1 aromatic carbocycles. The van der Waals surface area contributed by atoms with Gasteiger partial charge in [0, 0.05) is 5.56 Å². The van der Waals surface area contributed by atoms with Gasteiger partial charge in [-0.25, -0.2) is 0 Å². The fraction of sp³-hybridized carbons (Fsp3) is 0.154. The average molecular weight is 274 g/mol. The summed E-state index contributed by atoms with van der Waals surface area (Å²) in [7, 11) is 0. The number of nitrogens with zero attached hydrogens (tertiary/aromatic N) is 2. The van der Waals surface area contributed by atoms with Crippen LogP contribution in [0.2, 0.25) is 0 Å². The van der Waals surface area contributed by atoms with Crippen molar-refractivity contribution in [2.24, 2.45) is 5.73 Å². The molecule has 0 saturated heterocycles. The molecule has 1 amide bonds. The number of rotatable bonds is 5. The topological polar surface area (TPSA) is 113 Å². The molecule has 0 aliphatic carbocycles. The number of nitrogens with two attached hydrogens (primary N) is 2. The minimum absolute atomic E-state index is 0.190. The van der Waals surface area contributed by atoms with Crippen molar-refractivity contribution in [3.8, 4) is 17.5 Å². The number of anilines is 1. The van der Waals surface area contributed by atoms with Gasteiger partial charge in [-0.2, -0.15) is 9.97 Å². The fourth-order valence-corrected chi connectivity index (χ4v) is 1.50. The van der Waals surface area contributed by atoms with Crippen LogP contribution in [0.25, 0.3) is 0 Å². The Morgan fingerprint density at radius 1 is 1.20 bits per heavy atom. The van der Waals surface area contributed by atoms with E-state index in [1.54, 1.807) is 24.3 Å². The molecule has 0 unspecified atom stereocenters. The van der Waals surface area contributed by atoms with Gasteiger partial charge >= 0.3 is 0 Å². The van der Waals surface area contributed by atoms with Crippen LogP contribution in [0.15, 0.2) is 30.6 Å². The lowest BCUT2D eigenvalue weighted by Gasteiger charge is -2.10. The number of nitrogen functional groups attached to an aromatic ring is 1. The summed E-state index contributed by atoms with van der Waals surface area (Å²) in [5.41, 5.74) is 11.6. The number of hydrogen-bond donors (Lipinski definition) is 2. The average Bonchev–Trinajstić information content (AvgIpc) is 2.44. The molecular formula is C13H14N4O3. The predicted octanol–water partition coefficient (Wildman–Crippen LogP) is 1.35. The number of carbonyl (C=O) groups is 1. The maximum absolute atomic E-state index is 11.0. The molecule has 1 heterocycles. The summed E-state index contributed by atoms with van der Waals surface area (Å²) in [4.78, 5) is 18.8. The molecule has 0 radical (unpaired) electrons. The summed E-state index contributed by atoms with van der Waals surface area (Å²) >= 11 is 0. The van der Waals surface area contributed by atoms with E-state index in [0.29, 0.717) is 17.9 Å². The van der Waals surface area contributed by atoms with Crippen molar-refractivity contribution in [1.82, 2.24) is 9.97 Å². The number of benzene rings is 1. The van der Waals surface area contributed by atoms with Gasteiger partial charge in [-0.1, -0.05) is 0 Å². The third-order valence-electron chi connectivity index (χ3n) is 2.45. The molecule has 0 bridgehead atoms. The Labute approximate surface area is 115 Å². The van der Waals surface area contributed by atoms with Crippen LogP contribution in [-0.4, -0.2) is 22.5 Å². The Bertz CT molecular complexity index is 614. The number of primary amides is 1. The second-order valence-corrected chi connectivity index (χ2v) is 3.82. The highest BCUT2D eigenvalue weighted by Gasteiger charge is 2.11. The van der Waals surface area contributed by atoms with Crippen molar-refractivity contribution in [1.29, 1.82) is 0 Å². The number of carbonyl (C=O) groups excluding carboxylic acids is 1. The maximum atomic E-state index is 11.0. The van der Waals surface area contributed by atoms with Crippen LogP contribution in [0.3, 0.4) is 0 Å². The fourth-order valence-electron chi connectivity index (χ4n) is 1.50. The van der Waals surface area contributed by atoms with Crippen LogP contribution in [0, 0.1) is 0 Å². The first-order valence-electron chi connectivity index (χ1n) is 5.92. The van der Waals surface area contributed by atoms with Crippen LogP contribution < -0.4 is 20.9 Å². The summed E-state index contributed by atoms with van der Waals surface area (Å²) in [6.07, 6.45) is 1.30. The molecule has 104 valence electrons. The summed E-state index contributed by atoms with van der Waals surface area (Å²) in [6.45, 7) is 2.26. The Hall–Kier alpha value is -2.83. The molecule has 0 aliphatic heterocycles. The second-order valence-electron chi connectivity index (χ2n) is 3.82. The van der Waals surface area contributed by atoms with E-state index in [2.05, 4.69) is 9.97 Å². The quantitative estimate of drug-likeness (QED) is 0.850. The first-order chi connectivity index (χ1) is 9.61. The van der Waals surface area contributed by atoms with Gasteiger partial charge in [-0.3, -0.25) is 4.79 Å². The maximum Gasteiger partial charge on any atom is 0.249 e. The second kappa shape index (κ2) is 5.87. The van der Waals surface area contributed by atoms with Gasteiger partial charge in [-0.15, -0.1) is 0 Å². The van der Waals surface area contributed by atoms with E-state index < -0.39 is 5.91 Å². The first-order valence-corrected chi connectivity index (χ1v) is 5.92. The van der Waals surface area contributed by atoms with E-state index in [4.69, 9.17) is 20.9 Å². The molecule has 7 heteroatoms. The summed E-state index contributed by atoms with van der Waals surface area (Å²) in [6, 6.07) is 6.31. The first kappa shape index (κ1) is 13.6. The molecule has 0 spiro atoms. The molecule has 4 N–H and O–H groups in total. The van der Waals surface area contributed by atoms with Gasteiger partial charge in [0.05, 0.1) is 6.61 Å². The van der Waals surface area contributed by atoms with Crippen LogP contribution in [-0.2, 0) is 0 Å². The molecule has 0 saturated carbocycles. The monoisotopic (exact) mass is 274 g/mol. The molecule has 2 rings (SSSR count). The minimum Gasteiger partial charge on any atom is -0.476 e. The number of aromatic nitrogens is 2. The van der Waals surface area contributed by atoms with Crippen molar-refractivity contribution in [3.05, 3.63) is 36.2 Å². The van der Waals surface area contributed by atoms with Crippen molar-refractivity contribution in [2.75, 3.05) is 12.3 Å². The van der Waals surface area contributed by atoms with E-state index in [-0.39, 0.29) is 17.4 Å². The third kappa shape index (κ3) is 2.94. The Balaban J connectivity index is 2.21. The standard InChI is InChI=1S/C13H14N4O3/c1-2-19-12-10(14)13(17-7-16-12)20-9-5-3-8(4-6-9)11(15)18/h3-7H,2,14H2,1H3,(H2,15,18). The van der Waals surface area contributed by atoms with Gasteiger partial charge in [0.2, 0.25) is 17.7 Å². The lowest BCUT2D eigenvalue weighted by atomic mass is 10.2. The molecule has 20 heavy (non-hydrogen) atoms. The van der Waals surface area contributed by atoms with Crippen molar-refractivity contribution in [2.45, 2.75) is 6.92 Å². The lowest BCUT2D eigenvalue weighted by molar-refractivity contribution is 0.100. The molecular weight excluding hydrogens is 260 g/mol. The van der Waals surface area contributed by atoms with Gasteiger partial charge in [-0.05, 0) is 31.2 Å². The van der Waals surface area contributed by atoms with E-state index in [9.17, 15) is 4.79 Å². The Morgan fingerprint density at radius 2 is 1.85 bits per heavy atom. The molecule has 0 aliphatic rings. The smallest absolute Gasteiger partial charge is 0.249 e. The van der Waals surface area contributed by atoms with Crippen LogP contribution >= 0.6 is 0 Å². The summed E-state index contributed by atoms with van der Waals surface area (Å²) in [5.74, 6) is 0.432. The van der Waals surface area contributed by atoms with Crippen molar-refractivity contribution in [3.63, 3.8) is 0 Å². The molecule has 1 aromatic heterocycles. The molecule has 0 fully saturated rings. The molecule has 7 nitrogen and oxygen atoms in total. The van der Waals surface area contributed by atoms with E-state index >= 15 is 0 Å². The van der Waals surface area contributed by atoms with E-state index in [1.165, 1.54) is 6.33 Å². The van der Waals surface area contributed by atoms with Gasteiger partial charge in [0.15, 0.2) is 5.69 Å². The number of ether oxygens (including phenoxy) is 2. The van der Waals surface area contributed by atoms with E-state index in [0.717, 1.165) is 0 Å². The van der Waals surface area contributed by atoms with E-state index in [1.807, 2.05) is 6.92 Å². The molecule has 0 atom stereocenters. The van der Waals surface area contributed by atoms with Gasteiger partial charge in [0.25, 0.3) is 0 Å². The summed E-state index contributed by atoms with van der Waals surface area (Å²) in [5, 5.41) is 0. The van der Waals surface area contributed by atoms with Crippen molar-refractivity contribution >= 4 is 11.6 Å². The SMILES string of the molecule is CCOc1ncnc(Oc2ccc(C(N)=O)cc2)c1N. The number of amides is 1. The van der Waals surface area contributed by atoms with Gasteiger partial charge < -0.3 is 20.9 Å².